The molecule has 5 heterocycles. The van der Waals surface area contributed by atoms with Crippen molar-refractivity contribution in [2.24, 2.45) is 0 Å². The number of pyridine rings is 2. The molecule has 0 aliphatic carbocycles. The van der Waals surface area contributed by atoms with Crippen molar-refractivity contribution in [1.82, 2.24) is 19.6 Å². The van der Waals surface area contributed by atoms with Gasteiger partial charge in [-0.05, 0) is 24.6 Å². The molecule has 0 bridgehead atoms. The first kappa shape index (κ1) is 23.3. The molecule has 3 aromatic heterocycles. The average Bonchev–Trinajstić information content (AvgIpc) is 3.47. The largest absolute Gasteiger partial charge is 0.392 e. The van der Waals surface area contributed by atoms with Crippen LogP contribution in [0.15, 0.2) is 35.1 Å². The lowest BCUT2D eigenvalue weighted by Gasteiger charge is -2.28. The highest BCUT2D eigenvalue weighted by Crippen LogP contribution is 2.32. The molecule has 36 heavy (non-hydrogen) atoms. The van der Waals surface area contributed by atoms with Gasteiger partial charge in [-0.25, -0.2) is 9.37 Å². The molecular weight excluding hydrogens is 485 g/mol. The minimum absolute atomic E-state index is 0.00882. The van der Waals surface area contributed by atoms with Crippen molar-refractivity contribution in [1.29, 1.82) is 0 Å². The van der Waals surface area contributed by atoms with Crippen LogP contribution >= 0.6 is 11.3 Å². The number of aromatic nitrogens is 2. The summed E-state index contributed by atoms with van der Waals surface area (Å²) in [6.45, 7) is 4.22. The zero-order chi connectivity index (χ0) is 24.8. The minimum Gasteiger partial charge on any atom is -0.392 e. The van der Waals surface area contributed by atoms with Gasteiger partial charge in [0.15, 0.2) is 17.3 Å². The number of aliphatic hydroxyl groups is 1. The van der Waals surface area contributed by atoms with Gasteiger partial charge in [0.2, 0.25) is 5.43 Å². The van der Waals surface area contributed by atoms with Gasteiger partial charge in [-0.2, -0.15) is 0 Å². The Hall–Kier alpha value is -3.12. The quantitative estimate of drug-likeness (QED) is 0.422. The SMILES string of the molecule is O=C(NCCN1CCC(O)C1)c1c(=O)c2cc(F)c(N3CCOCC3)nc2n2c1sc1ccccc12. The number of aliphatic hydroxyl groups excluding tert-OH is 1. The van der Waals surface area contributed by atoms with Crippen LogP contribution in [0.3, 0.4) is 0 Å². The fourth-order valence-corrected chi connectivity index (χ4v) is 6.21. The fraction of sp³-hybridized carbons (Fsp3) is 0.400. The molecule has 11 heteroatoms. The number of carbonyl (C=O) groups is 1. The zero-order valence-corrected chi connectivity index (χ0v) is 20.4. The van der Waals surface area contributed by atoms with Crippen LogP contribution in [0.5, 0.6) is 0 Å². The van der Waals surface area contributed by atoms with Crippen LogP contribution in [0, 0.1) is 5.82 Å². The molecule has 2 aliphatic heterocycles. The third kappa shape index (κ3) is 4.01. The van der Waals surface area contributed by atoms with E-state index in [-0.39, 0.29) is 22.9 Å². The summed E-state index contributed by atoms with van der Waals surface area (Å²) in [5, 5.41) is 12.6. The second-order valence-electron chi connectivity index (χ2n) is 9.18. The first-order valence-electron chi connectivity index (χ1n) is 12.1. The maximum atomic E-state index is 15.2. The van der Waals surface area contributed by atoms with Crippen molar-refractivity contribution < 1.29 is 19.0 Å². The number of amides is 1. The highest BCUT2D eigenvalue weighted by Gasteiger charge is 2.26. The summed E-state index contributed by atoms with van der Waals surface area (Å²) >= 11 is 1.34. The summed E-state index contributed by atoms with van der Waals surface area (Å²) in [5.41, 5.74) is 0.587. The Balaban J connectivity index is 1.47. The topological polar surface area (TPSA) is 99.4 Å². The van der Waals surface area contributed by atoms with E-state index in [0.29, 0.717) is 62.8 Å². The van der Waals surface area contributed by atoms with Gasteiger partial charge in [-0.15, -0.1) is 11.3 Å². The average molecular weight is 512 g/mol. The molecule has 1 atom stereocenters. The van der Waals surface area contributed by atoms with E-state index in [0.717, 1.165) is 16.8 Å². The predicted molar refractivity (Wildman–Crippen MR) is 137 cm³/mol. The lowest BCUT2D eigenvalue weighted by atomic mass is 10.1. The summed E-state index contributed by atoms with van der Waals surface area (Å²) in [4.78, 5) is 35.9. The number of morpholine rings is 1. The summed E-state index contributed by atoms with van der Waals surface area (Å²) in [7, 11) is 0. The Morgan fingerprint density at radius 1 is 1.25 bits per heavy atom. The van der Waals surface area contributed by atoms with E-state index in [4.69, 9.17) is 4.74 Å². The molecule has 6 rings (SSSR count). The van der Waals surface area contributed by atoms with Gasteiger partial charge in [0, 0.05) is 39.3 Å². The standard InChI is InChI=1S/C25H26FN5O4S/c26-17-13-16-21(33)20(24(34)27-6-8-29-7-5-15(32)14-29)25-31(18-3-1-2-4-19(18)36-25)22(16)28-23(17)30-9-11-35-12-10-30/h1-4,13,15,32H,5-12,14H2,(H,27,34). The fourth-order valence-electron chi connectivity index (χ4n) is 5.03. The molecule has 0 radical (unpaired) electrons. The molecule has 9 nitrogen and oxygen atoms in total. The normalized spacial score (nSPS) is 19.1. The van der Waals surface area contributed by atoms with Crippen LogP contribution < -0.4 is 15.6 Å². The van der Waals surface area contributed by atoms with Gasteiger partial charge in [0.05, 0.1) is 34.9 Å². The van der Waals surface area contributed by atoms with Gasteiger partial charge in [-0.3, -0.25) is 18.9 Å². The second kappa shape index (κ2) is 9.40. The summed E-state index contributed by atoms with van der Waals surface area (Å²) < 4.78 is 23.3. The number of halogens is 1. The van der Waals surface area contributed by atoms with Gasteiger partial charge in [0.1, 0.15) is 10.4 Å². The van der Waals surface area contributed by atoms with Crippen molar-refractivity contribution in [2.45, 2.75) is 12.5 Å². The van der Waals surface area contributed by atoms with E-state index in [2.05, 4.69) is 15.2 Å². The maximum Gasteiger partial charge on any atom is 0.258 e. The molecule has 1 unspecified atom stereocenters. The molecular formula is C25H26FN5O4S. The van der Waals surface area contributed by atoms with E-state index < -0.39 is 17.2 Å². The lowest BCUT2D eigenvalue weighted by molar-refractivity contribution is 0.0949. The number of hydrogen-bond acceptors (Lipinski definition) is 8. The molecule has 2 fully saturated rings. The molecule has 1 amide bonds. The Morgan fingerprint density at radius 2 is 2.06 bits per heavy atom. The Bertz CT molecular complexity index is 1530. The number of fused-ring (bicyclic) bond motifs is 5. The number of carbonyl (C=O) groups excluding carboxylic acids is 1. The van der Waals surface area contributed by atoms with Crippen molar-refractivity contribution in [3.05, 3.63) is 51.9 Å². The number of anilines is 1. The van der Waals surface area contributed by atoms with Crippen LogP contribution in [0.25, 0.3) is 26.1 Å². The molecule has 188 valence electrons. The summed E-state index contributed by atoms with van der Waals surface area (Å²) in [5.74, 6) is -0.914. The van der Waals surface area contributed by atoms with Crippen LogP contribution in [0.2, 0.25) is 0 Å². The predicted octanol–water partition coefficient (Wildman–Crippen LogP) is 1.83. The highest BCUT2D eigenvalue weighted by atomic mass is 32.1. The molecule has 2 N–H and O–H groups in total. The number of hydrogen-bond donors (Lipinski definition) is 2. The maximum absolute atomic E-state index is 15.2. The van der Waals surface area contributed by atoms with Crippen LogP contribution in [-0.4, -0.2) is 83.9 Å². The molecule has 2 saturated heterocycles. The number of nitrogens with one attached hydrogen (secondary N) is 1. The Morgan fingerprint density at radius 3 is 2.83 bits per heavy atom. The first-order chi connectivity index (χ1) is 17.5. The number of β-amino-alcohol motifs (C(OH)–C–C–N with tert-alkyl or cyclic N) is 1. The van der Waals surface area contributed by atoms with E-state index >= 15 is 4.39 Å². The van der Waals surface area contributed by atoms with E-state index in [9.17, 15) is 14.7 Å². The number of nitrogens with zero attached hydrogens (tertiary/aromatic N) is 4. The van der Waals surface area contributed by atoms with Gasteiger partial charge in [-0.1, -0.05) is 12.1 Å². The van der Waals surface area contributed by atoms with Crippen molar-refractivity contribution in [3.63, 3.8) is 0 Å². The smallest absolute Gasteiger partial charge is 0.258 e. The summed E-state index contributed by atoms with van der Waals surface area (Å²) in [6, 6.07) is 8.82. The van der Waals surface area contributed by atoms with Gasteiger partial charge < -0.3 is 20.1 Å². The molecule has 0 saturated carbocycles. The molecule has 2 aliphatic rings. The Kier molecular flexibility index (Phi) is 6.08. The zero-order valence-electron chi connectivity index (χ0n) is 19.6. The van der Waals surface area contributed by atoms with Gasteiger partial charge >= 0.3 is 0 Å². The van der Waals surface area contributed by atoms with Crippen molar-refractivity contribution in [2.75, 3.05) is 57.4 Å². The number of thiazole rings is 1. The number of rotatable bonds is 5. The highest BCUT2D eigenvalue weighted by molar-refractivity contribution is 7.24. The van der Waals surface area contributed by atoms with Crippen molar-refractivity contribution in [3.8, 4) is 0 Å². The minimum atomic E-state index is -0.597. The van der Waals surface area contributed by atoms with Crippen molar-refractivity contribution >= 4 is 49.1 Å². The lowest BCUT2D eigenvalue weighted by Crippen LogP contribution is -2.38. The number of ether oxygens (including phenoxy) is 1. The molecule has 4 aromatic rings. The van der Waals surface area contributed by atoms with E-state index in [1.807, 2.05) is 29.2 Å². The second-order valence-corrected chi connectivity index (χ2v) is 10.2. The summed E-state index contributed by atoms with van der Waals surface area (Å²) in [6.07, 6.45) is 0.377. The molecule has 1 aromatic carbocycles. The monoisotopic (exact) mass is 511 g/mol. The van der Waals surface area contributed by atoms with E-state index in [1.165, 1.54) is 17.4 Å². The number of likely N-dealkylation sites (tertiary alicyclic amines) is 1. The van der Waals surface area contributed by atoms with Crippen LogP contribution in [-0.2, 0) is 4.74 Å². The van der Waals surface area contributed by atoms with Crippen LogP contribution in [0.4, 0.5) is 10.2 Å². The third-order valence-electron chi connectivity index (χ3n) is 6.85. The van der Waals surface area contributed by atoms with Gasteiger partial charge in [0.25, 0.3) is 5.91 Å². The first-order valence-corrected chi connectivity index (χ1v) is 12.9. The number of benzene rings is 1. The molecule has 0 spiro atoms. The van der Waals surface area contributed by atoms with Crippen LogP contribution in [0.1, 0.15) is 16.8 Å². The Labute approximate surface area is 209 Å². The number of para-hydroxylation sites is 1. The third-order valence-corrected chi connectivity index (χ3v) is 7.99. The van der Waals surface area contributed by atoms with E-state index in [1.54, 1.807) is 4.40 Å².